The molecule has 114 valence electrons. The van der Waals surface area contributed by atoms with Gasteiger partial charge >= 0.3 is 5.97 Å². The van der Waals surface area contributed by atoms with Crippen LogP contribution in [0, 0.1) is 0 Å². The fraction of sp³-hybridized carbons (Fsp3) is 0.417. The molecule has 1 atom stereocenters. The quantitative estimate of drug-likeness (QED) is 0.817. The van der Waals surface area contributed by atoms with Gasteiger partial charge in [-0.15, -0.1) is 0 Å². The van der Waals surface area contributed by atoms with Crippen LogP contribution in [0.4, 0.5) is 5.82 Å². The van der Waals surface area contributed by atoms with Crippen LogP contribution in [0.3, 0.4) is 0 Å². The van der Waals surface area contributed by atoms with Gasteiger partial charge < -0.3 is 10.4 Å². The van der Waals surface area contributed by atoms with Gasteiger partial charge in [0, 0.05) is 12.7 Å². The molecule has 1 aromatic rings. The molecule has 1 amide bonds. The summed E-state index contributed by atoms with van der Waals surface area (Å²) in [7, 11) is -3.48. The molecule has 9 heteroatoms. The van der Waals surface area contributed by atoms with Crippen molar-refractivity contribution in [3.63, 3.8) is 0 Å². The Labute approximate surface area is 121 Å². The van der Waals surface area contributed by atoms with Crippen LogP contribution in [-0.4, -0.2) is 53.5 Å². The number of nitrogens with one attached hydrogen (secondary N) is 1. The number of aromatic carboxylic acids is 1. The lowest BCUT2D eigenvalue weighted by atomic mass is 10.2. The maximum atomic E-state index is 12.2. The predicted molar refractivity (Wildman–Crippen MR) is 74.4 cm³/mol. The van der Waals surface area contributed by atoms with E-state index >= 15 is 0 Å². The zero-order chi connectivity index (χ0) is 15.6. The number of anilines is 1. The van der Waals surface area contributed by atoms with E-state index in [1.54, 1.807) is 0 Å². The molecule has 1 aliphatic heterocycles. The molecule has 21 heavy (non-hydrogen) atoms. The second-order valence-corrected chi connectivity index (χ2v) is 6.66. The third-order valence-corrected chi connectivity index (χ3v) is 4.50. The number of hydrogen-bond acceptors (Lipinski definition) is 5. The maximum absolute atomic E-state index is 12.2. The Hall–Kier alpha value is -2.00. The topological polar surface area (TPSA) is 117 Å². The Kier molecular flexibility index (Phi) is 4.24. The van der Waals surface area contributed by atoms with Crippen molar-refractivity contribution >= 4 is 27.7 Å². The number of carbonyl (C=O) groups is 2. The van der Waals surface area contributed by atoms with Crippen LogP contribution in [0.1, 0.15) is 23.2 Å². The third-order valence-electron chi connectivity index (χ3n) is 3.21. The number of carboxylic acid groups (broad SMARTS) is 1. The van der Waals surface area contributed by atoms with Gasteiger partial charge in [0.1, 0.15) is 17.4 Å². The van der Waals surface area contributed by atoms with Crippen molar-refractivity contribution in [2.24, 2.45) is 0 Å². The first-order valence-electron chi connectivity index (χ1n) is 6.26. The fourth-order valence-corrected chi connectivity index (χ4v) is 3.40. The Morgan fingerprint density at radius 2 is 2.19 bits per heavy atom. The van der Waals surface area contributed by atoms with E-state index in [9.17, 15) is 18.0 Å². The van der Waals surface area contributed by atoms with Crippen LogP contribution in [0.5, 0.6) is 0 Å². The van der Waals surface area contributed by atoms with E-state index in [0.717, 1.165) is 10.6 Å². The van der Waals surface area contributed by atoms with Crippen molar-refractivity contribution in [1.82, 2.24) is 9.29 Å². The van der Waals surface area contributed by atoms with Gasteiger partial charge in [-0.1, -0.05) is 0 Å². The zero-order valence-corrected chi connectivity index (χ0v) is 12.1. The zero-order valence-electron chi connectivity index (χ0n) is 11.3. The number of carboxylic acids is 1. The molecule has 1 fully saturated rings. The van der Waals surface area contributed by atoms with Crippen LogP contribution in [0.25, 0.3) is 0 Å². The summed E-state index contributed by atoms with van der Waals surface area (Å²) in [4.78, 5) is 27.1. The summed E-state index contributed by atoms with van der Waals surface area (Å²) < 4.78 is 24.3. The molecule has 2 rings (SSSR count). The van der Waals surface area contributed by atoms with Crippen LogP contribution < -0.4 is 5.32 Å². The molecular weight excluding hydrogens is 298 g/mol. The summed E-state index contributed by atoms with van der Waals surface area (Å²) in [6.45, 7) is 0.283. The highest BCUT2D eigenvalue weighted by Gasteiger charge is 2.36. The van der Waals surface area contributed by atoms with E-state index in [1.165, 1.54) is 18.3 Å². The molecule has 1 aromatic heterocycles. The molecule has 0 aromatic carbocycles. The molecule has 2 N–H and O–H groups in total. The highest BCUT2D eigenvalue weighted by Crippen LogP contribution is 2.22. The average molecular weight is 313 g/mol. The highest BCUT2D eigenvalue weighted by atomic mass is 32.2. The predicted octanol–water partition coefficient (Wildman–Crippen LogP) is 0.142. The van der Waals surface area contributed by atoms with Crippen molar-refractivity contribution in [3.05, 3.63) is 23.9 Å². The Morgan fingerprint density at radius 1 is 1.48 bits per heavy atom. The van der Waals surface area contributed by atoms with Gasteiger partial charge in [0.25, 0.3) is 0 Å². The third kappa shape index (κ3) is 3.37. The number of carbonyl (C=O) groups excluding carboxylic acids is 1. The van der Waals surface area contributed by atoms with E-state index in [4.69, 9.17) is 5.11 Å². The van der Waals surface area contributed by atoms with Crippen molar-refractivity contribution in [3.8, 4) is 0 Å². The Bertz CT molecular complexity index is 673. The van der Waals surface area contributed by atoms with Gasteiger partial charge in [0.05, 0.1) is 6.26 Å². The smallest absolute Gasteiger partial charge is 0.339 e. The minimum Gasteiger partial charge on any atom is -0.478 e. The lowest BCUT2D eigenvalue weighted by molar-refractivity contribution is -0.119. The molecule has 0 spiro atoms. The number of aromatic nitrogens is 1. The number of sulfonamides is 1. The summed E-state index contributed by atoms with van der Waals surface area (Å²) in [5, 5.41) is 11.4. The Balaban J connectivity index is 2.21. The lowest BCUT2D eigenvalue weighted by Gasteiger charge is -2.21. The number of pyridine rings is 1. The SMILES string of the molecule is CS(=O)(=O)N1CCCC1C(=O)Nc1ncccc1C(=O)O. The molecule has 0 aliphatic carbocycles. The van der Waals surface area contributed by atoms with E-state index in [1.807, 2.05) is 0 Å². The van der Waals surface area contributed by atoms with Gasteiger partial charge in [-0.3, -0.25) is 4.79 Å². The normalized spacial score (nSPS) is 19.4. The molecule has 0 saturated carbocycles. The first-order chi connectivity index (χ1) is 9.80. The van der Waals surface area contributed by atoms with E-state index < -0.39 is 27.9 Å². The molecule has 0 radical (unpaired) electrons. The van der Waals surface area contributed by atoms with Crippen molar-refractivity contribution in [2.45, 2.75) is 18.9 Å². The molecule has 2 heterocycles. The van der Waals surface area contributed by atoms with E-state index in [-0.39, 0.29) is 17.9 Å². The van der Waals surface area contributed by atoms with Gasteiger partial charge in [-0.25, -0.2) is 18.2 Å². The van der Waals surface area contributed by atoms with Crippen LogP contribution >= 0.6 is 0 Å². The van der Waals surface area contributed by atoms with Gasteiger partial charge in [0.15, 0.2) is 0 Å². The van der Waals surface area contributed by atoms with Crippen LogP contribution in [-0.2, 0) is 14.8 Å². The second-order valence-electron chi connectivity index (χ2n) is 4.73. The molecular formula is C12H15N3O5S. The summed E-state index contributed by atoms with van der Waals surface area (Å²) in [5.74, 6) is -1.88. The van der Waals surface area contributed by atoms with Crippen LogP contribution in [0.15, 0.2) is 18.3 Å². The van der Waals surface area contributed by atoms with E-state index in [2.05, 4.69) is 10.3 Å². The summed E-state index contributed by atoms with van der Waals surface area (Å²) >= 11 is 0. The fourth-order valence-electron chi connectivity index (χ4n) is 2.28. The minimum atomic E-state index is -3.48. The van der Waals surface area contributed by atoms with Crippen molar-refractivity contribution < 1.29 is 23.1 Å². The number of amides is 1. The summed E-state index contributed by atoms with van der Waals surface area (Å²) in [6.07, 6.45) is 3.38. The van der Waals surface area contributed by atoms with Crippen molar-refractivity contribution in [2.75, 3.05) is 18.1 Å². The van der Waals surface area contributed by atoms with Crippen molar-refractivity contribution in [1.29, 1.82) is 0 Å². The average Bonchev–Trinajstić information content (AvgIpc) is 2.88. The number of nitrogens with zero attached hydrogens (tertiary/aromatic N) is 2. The molecule has 1 aliphatic rings. The molecule has 1 saturated heterocycles. The second kappa shape index (κ2) is 5.78. The first-order valence-corrected chi connectivity index (χ1v) is 8.11. The van der Waals surface area contributed by atoms with Gasteiger partial charge in [0.2, 0.25) is 15.9 Å². The molecule has 1 unspecified atom stereocenters. The largest absolute Gasteiger partial charge is 0.478 e. The van der Waals surface area contributed by atoms with Gasteiger partial charge in [-0.2, -0.15) is 4.31 Å². The van der Waals surface area contributed by atoms with Crippen LogP contribution in [0.2, 0.25) is 0 Å². The van der Waals surface area contributed by atoms with E-state index in [0.29, 0.717) is 12.8 Å². The monoisotopic (exact) mass is 313 g/mol. The molecule has 0 bridgehead atoms. The summed E-state index contributed by atoms with van der Waals surface area (Å²) in [6, 6.07) is 1.93. The standard InChI is InChI=1S/C12H15N3O5S/c1-21(19,20)15-7-3-5-9(15)11(16)14-10-8(12(17)18)4-2-6-13-10/h2,4,6,9H,3,5,7H2,1H3,(H,17,18)(H,13,14,16). The molecule has 8 nitrogen and oxygen atoms in total. The summed E-state index contributed by atoms with van der Waals surface area (Å²) in [5.41, 5.74) is -0.144. The Morgan fingerprint density at radius 3 is 2.81 bits per heavy atom. The highest BCUT2D eigenvalue weighted by molar-refractivity contribution is 7.88. The first kappa shape index (κ1) is 15.4. The van der Waals surface area contributed by atoms with Gasteiger partial charge in [-0.05, 0) is 25.0 Å². The lowest BCUT2D eigenvalue weighted by Crippen LogP contribution is -2.42. The number of hydrogen-bond donors (Lipinski definition) is 2. The number of rotatable bonds is 4. The maximum Gasteiger partial charge on any atom is 0.339 e. The minimum absolute atomic E-state index is 0.0876.